The quantitative estimate of drug-likeness (QED) is 0.157. The van der Waals surface area contributed by atoms with Gasteiger partial charge in [-0.05, 0) is 18.6 Å². The molecule has 0 N–H and O–H groups in total. The first-order valence-corrected chi connectivity index (χ1v) is 12.7. The Morgan fingerprint density at radius 3 is 1.46 bits per heavy atom. The third-order valence-corrected chi connectivity index (χ3v) is 6.20. The summed E-state index contributed by atoms with van der Waals surface area (Å²) >= 11 is 0. The number of rotatable bonds is 18. The molecule has 0 unspecified atom stereocenters. The van der Waals surface area contributed by atoms with Crippen molar-refractivity contribution >= 4 is 29.0 Å². The van der Waals surface area contributed by atoms with Crippen molar-refractivity contribution in [3.05, 3.63) is 30.3 Å². The predicted molar refractivity (Wildman–Crippen MR) is 123 cm³/mol. The molecule has 0 saturated heterocycles. The molecule has 1 aromatic carbocycles. The molecule has 0 fully saturated rings. The molecule has 0 aliphatic carbocycles. The second-order valence-electron chi connectivity index (χ2n) is 7.61. The summed E-state index contributed by atoms with van der Waals surface area (Å²) in [5, 5.41) is 0. The van der Waals surface area contributed by atoms with Gasteiger partial charge in [-0.2, -0.15) is 8.42 Å². The van der Waals surface area contributed by atoms with Crippen LogP contribution in [0.5, 0.6) is 5.75 Å². The van der Waals surface area contributed by atoms with Crippen LogP contribution < -0.4 is 4.18 Å². The van der Waals surface area contributed by atoms with Gasteiger partial charge in [-0.3, -0.25) is 0 Å². The monoisotopic (exact) mass is 404 g/mol. The minimum absolute atomic E-state index is 0. The summed E-state index contributed by atoms with van der Waals surface area (Å²) in [7, 11) is -3.45. The molecule has 0 aliphatic rings. The van der Waals surface area contributed by atoms with E-state index in [0.29, 0.717) is 12.2 Å². The molecule has 5 heteroatoms. The molecule has 1 aromatic rings. The number of benzene rings is 1. The minimum atomic E-state index is -3.45. The van der Waals surface area contributed by atoms with E-state index in [1.807, 2.05) is 6.07 Å². The molecule has 1 rings (SSSR count). The van der Waals surface area contributed by atoms with E-state index in [4.69, 9.17) is 4.18 Å². The third kappa shape index (κ3) is 16.5. The molecule has 0 heterocycles. The van der Waals surface area contributed by atoms with E-state index in [1.165, 1.54) is 77.0 Å². The van der Waals surface area contributed by atoms with Crippen LogP contribution in [0.25, 0.3) is 0 Å². The molecule has 0 radical (unpaired) electrons. The molecular weight excluding hydrogens is 363 g/mol. The molecule has 3 nitrogen and oxygen atoms in total. The van der Waals surface area contributed by atoms with Gasteiger partial charge < -0.3 is 4.18 Å². The standard InChI is InChI=1S/C23H40O3S.Li.H/c1-2-3-4-5-6-7-8-9-10-11-12-13-14-15-19-22-27(24,25)26-23-20-17-16-18-21-23;;/h16-18,20-21H,2-15,19,22H2,1H3;;. The van der Waals surface area contributed by atoms with Crippen molar-refractivity contribution in [2.45, 2.75) is 103 Å². The molecule has 0 amide bonds. The maximum atomic E-state index is 11.9. The zero-order chi connectivity index (χ0) is 19.6. The summed E-state index contributed by atoms with van der Waals surface area (Å²) in [6.45, 7) is 2.27. The zero-order valence-corrected chi connectivity index (χ0v) is 18.1. The molecule has 28 heavy (non-hydrogen) atoms. The van der Waals surface area contributed by atoms with Crippen LogP contribution in [0.3, 0.4) is 0 Å². The van der Waals surface area contributed by atoms with Gasteiger partial charge in [-0.15, -0.1) is 0 Å². The van der Waals surface area contributed by atoms with Crippen LogP contribution in [0.2, 0.25) is 0 Å². The van der Waals surface area contributed by atoms with Crippen molar-refractivity contribution in [1.82, 2.24) is 0 Å². The van der Waals surface area contributed by atoms with Crippen molar-refractivity contribution < 1.29 is 12.6 Å². The van der Waals surface area contributed by atoms with Crippen molar-refractivity contribution in [3.8, 4) is 5.75 Å². The Bertz CT molecular complexity index is 546. The van der Waals surface area contributed by atoms with Gasteiger partial charge in [0.15, 0.2) is 0 Å². The van der Waals surface area contributed by atoms with Gasteiger partial charge in [-0.25, -0.2) is 0 Å². The fraction of sp³-hybridized carbons (Fsp3) is 0.739. The average molecular weight is 405 g/mol. The van der Waals surface area contributed by atoms with E-state index < -0.39 is 10.1 Å². The van der Waals surface area contributed by atoms with Crippen LogP contribution in [-0.4, -0.2) is 33.0 Å². The summed E-state index contributed by atoms with van der Waals surface area (Å²) in [6, 6.07) is 8.74. The Labute approximate surface area is 186 Å². The first-order chi connectivity index (χ1) is 13.1. The van der Waals surface area contributed by atoms with Crippen molar-refractivity contribution in [1.29, 1.82) is 0 Å². The van der Waals surface area contributed by atoms with E-state index in [-0.39, 0.29) is 24.6 Å². The summed E-state index contributed by atoms with van der Waals surface area (Å²) in [6.07, 6.45) is 19.1. The van der Waals surface area contributed by atoms with Gasteiger partial charge in [0, 0.05) is 0 Å². The topological polar surface area (TPSA) is 43.4 Å². The van der Waals surface area contributed by atoms with Crippen molar-refractivity contribution in [3.63, 3.8) is 0 Å². The van der Waals surface area contributed by atoms with E-state index in [2.05, 4.69) is 6.92 Å². The van der Waals surface area contributed by atoms with Gasteiger partial charge in [0.25, 0.3) is 0 Å². The second kappa shape index (κ2) is 18.6. The first-order valence-electron chi connectivity index (χ1n) is 11.1. The van der Waals surface area contributed by atoms with Gasteiger partial charge in [0.2, 0.25) is 0 Å². The van der Waals surface area contributed by atoms with Gasteiger partial charge in [0.05, 0.1) is 5.75 Å². The van der Waals surface area contributed by atoms with Gasteiger partial charge in [0.1, 0.15) is 5.75 Å². The predicted octanol–water partition coefficient (Wildman–Crippen LogP) is 6.62. The van der Waals surface area contributed by atoms with Crippen LogP contribution >= 0.6 is 0 Å². The molecule has 0 bridgehead atoms. The molecular formula is C23H41LiO3S. The summed E-state index contributed by atoms with van der Waals surface area (Å²) in [4.78, 5) is 0. The fourth-order valence-corrected chi connectivity index (χ4v) is 4.36. The molecule has 0 saturated carbocycles. The van der Waals surface area contributed by atoms with Crippen LogP contribution in [0, 0.1) is 0 Å². The van der Waals surface area contributed by atoms with E-state index in [9.17, 15) is 8.42 Å². The molecule has 0 atom stereocenters. The van der Waals surface area contributed by atoms with Crippen LogP contribution in [-0.2, 0) is 10.1 Å². The van der Waals surface area contributed by atoms with Gasteiger partial charge >= 0.3 is 29.0 Å². The average Bonchev–Trinajstić information content (AvgIpc) is 2.65. The number of hydrogen-bond acceptors (Lipinski definition) is 3. The summed E-state index contributed by atoms with van der Waals surface area (Å²) in [5.41, 5.74) is 0. The Kier molecular flexibility index (Phi) is 18.3. The number of para-hydroxylation sites is 1. The SMILES string of the molecule is CCCCCCCCCCCCCCCCCS(=O)(=O)Oc1ccccc1.[LiH]. The zero-order valence-electron chi connectivity index (χ0n) is 17.3. The van der Waals surface area contributed by atoms with E-state index >= 15 is 0 Å². The van der Waals surface area contributed by atoms with Crippen LogP contribution in [0.15, 0.2) is 30.3 Å². The number of hydrogen-bond donors (Lipinski definition) is 0. The normalized spacial score (nSPS) is 11.2. The van der Waals surface area contributed by atoms with E-state index in [1.54, 1.807) is 24.3 Å². The third-order valence-electron chi connectivity index (χ3n) is 4.96. The Morgan fingerprint density at radius 1 is 0.643 bits per heavy atom. The Hall–Kier alpha value is -0.433. The van der Waals surface area contributed by atoms with Crippen molar-refractivity contribution in [2.75, 3.05) is 5.75 Å². The summed E-state index contributed by atoms with van der Waals surface area (Å²) < 4.78 is 28.9. The molecule has 0 spiro atoms. The molecule has 0 aromatic heterocycles. The van der Waals surface area contributed by atoms with E-state index in [0.717, 1.165) is 12.8 Å². The van der Waals surface area contributed by atoms with Crippen LogP contribution in [0.1, 0.15) is 103 Å². The first kappa shape index (κ1) is 27.6. The molecule has 158 valence electrons. The second-order valence-corrected chi connectivity index (χ2v) is 9.30. The fourth-order valence-electron chi connectivity index (χ4n) is 3.31. The Morgan fingerprint density at radius 2 is 1.04 bits per heavy atom. The summed E-state index contributed by atoms with van der Waals surface area (Å²) in [5.74, 6) is 0.513. The molecule has 0 aliphatic heterocycles. The van der Waals surface area contributed by atoms with Crippen LogP contribution in [0.4, 0.5) is 0 Å². The van der Waals surface area contributed by atoms with Crippen molar-refractivity contribution in [2.24, 2.45) is 0 Å². The maximum absolute atomic E-state index is 11.9. The Balaban J connectivity index is 0.00000729. The number of unbranched alkanes of at least 4 members (excludes halogenated alkanes) is 14. The van der Waals surface area contributed by atoms with Gasteiger partial charge in [-0.1, -0.05) is 115 Å².